The highest BCUT2D eigenvalue weighted by molar-refractivity contribution is 8.77. The van der Waals surface area contributed by atoms with E-state index in [1.807, 2.05) is 11.0 Å². The molecule has 0 aromatic heterocycles. The molecular weight excluding hydrogens is 929 g/mol. The number of rotatable bonds is 3. The standard InChI is InChI=1S/C57H82N6O6S2/c1-38(64)68-55-23-11-40(45(65)33-55)9-6-17-52(15-2-3-16-52)37-70-71-57(22-8-20-54(57)18-4-5-19-54)62-51(59)61-28-26-53(32-39-14-27-60-46(58)29-39)34-47(66)63(36-53)35-43-30-41(12-24-55)48-42-13-25-56(69-50(48)49(43)67)21-7-10-44(56)31-42/h13-14,25,29-30,40,42,44-45,60,65,67H,2-12,15-24,26-28,31-37,58H2,1H3,(H3,59,61,62). The third-order valence-corrected chi connectivity index (χ3v) is 23.5. The number of aryl methyl sites for hydroxylation is 1. The second-order valence-electron chi connectivity index (χ2n) is 24.6. The minimum Gasteiger partial charge on any atom is -0.504 e. The summed E-state index contributed by atoms with van der Waals surface area (Å²) in [6, 6.07) is 2.12. The molecule has 1 aromatic rings. The fourth-order valence-electron chi connectivity index (χ4n) is 16.4. The third kappa shape index (κ3) is 9.63. The molecule has 8 atom stereocenters. The number of aliphatic hydroxyl groups is 1. The first-order valence-corrected chi connectivity index (χ1v) is 30.2. The highest BCUT2D eigenvalue weighted by Crippen LogP contribution is 2.64. The summed E-state index contributed by atoms with van der Waals surface area (Å²) in [5.41, 5.74) is 16.1. The molecule has 4 spiro atoms. The van der Waals surface area contributed by atoms with Crippen molar-refractivity contribution < 1.29 is 29.3 Å². The number of guanidine groups is 1. The molecule has 12 nitrogen and oxygen atoms in total. The number of carbonyl (C=O) groups excluding carboxylic acids is 2. The molecule has 14 heteroatoms. The summed E-state index contributed by atoms with van der Waals surface area (Å²) < 4.78 is 13.5. The second-order valence-corrected chi connectivity index (χ2v) is 27.2. The normalized spacial score (nSPS) is 36.9. The molecule has 13 rings (SSSR count). The van der Waals surface area contributed by atoms with Crippen LogP contribution in [0.2, 0.25) is 0 Å². The number of aliphatic hydroxyl groups excluding tert-OH is 1. The van der Waals surface area contributed by atoms with E-state index in [0.29, 0.717) is 99.0 Å². The van der Waals surface area contributed by atoms with Crippen molar-refractivity contribution in [3.63, 3.8) is 0 Å². The van der Waals surface area contributed by atoms with Gasteiger partial charge in [-0.1, -0.05) is 65.8 Å². The largest absolute Gasteiger partial charge is 0.504 e. The van der Waals surface area contributed by atoms with Crippen LogP contribution in [-0.4, -0.2) is 80.5 Å². The second kappa shape index (κ2) is 19.7. The summed E-state index contributed by atoms with van der Waals surface area (Å²) >= 11 is 0. The molecule has 12 aliphatic rings. The van der Waals surface area contributed by atoms with Gasteiger partial charge in [0.25, 0.3) is 0 Å². The smallest absolute Gasteiger partial charge is 0.303 e. The minimum absolute atomic E-state index is 0.0537. The Hall–Kier alpha value is -3.49. The van der Waals surface area contributed by atoms with Gasteiger partial charge in [0.15, 0.2) is 17.5 Å². The van der Waals surface area contributed by atoms with Crippen LogP contribution in [-0.2, 0) is 27.3 Å². The van der Waals surface area contributed by atoms with Crippen LogP contribution in [0.1, 0.15) is 190 Å². The zero-order chi connectivity index (χ0) is 49.1. The summed E-state index contributed by atoms with van der Waals surface area (Å²) in [6.45, 7) is 3.38. The molecule has 0 radical (unpaired) electrons. The van der Waals surface area contributed by atoms with E-state index in [-0.39, 0.29) is 46.3 Å². The van der Waals surface area contributed by atoms with E-state index in [1.54, 1.807) is 0 Å². The van der Waals surface area contributed by atoms with Crippen LogP contribution in [0.5, 0.6) is 11.5 Å². The fourth-order valence-corrected chi connectivity index (χ4v) is 20.7. The van der Waals surface area contributed by atoms with Gasteiger partial charge in [-0.05, 0) is 163 Å². The molecule has 8 N–H and O–H groups in total. The molecule has 71 heavy (non-hydrogen) atoms. The van der Waals surface area contributed by atoms with Gasteiger partial charge in [0, 0.05) is 85.5 Å². The van der Waals surface area contributed by atoms with E-state index in [4.69, 9.17) is 25.9 Å². The van der Waals surface area contributed by atoms with Gasteiger partial charge in [-0.2, -0.15) is 0 Å². The van der Waals surface area contributed by atoms with Gasteiger partial charge in [0.1, 0.15) is 16.1 Å². The number of esters is 1. The predicted octanol–water partition coefficient (Wildman–Crippen LogP) is 10.1. The van der Waals surface area contributed by atoms with Crippen molar-refractivity contribution in [1.82, 2.24) is 15.5 Å². The lowest BCUT2D eigenvalue weighted by Gasteiger charge is -2.44. The molecule has 1 aromatic carbocycles. The molecule has 1 amide bonds. The van der Waals surface area contributed by atoms with Crippen LogP contribution in [0.4, 0.5) is 0 Å². The number of nitrogens with two attached hydrogens (primary N) is 2. The van der Waals surface area contributed by atoms with E-state index >= 15 is 0 Å². The van der Waals surface area contributed by atoms with E-state index in [2.05, 4.69) is 56.5 Å². The number of nitrogens with zero attached hydrogens (tertiary/aromatic N) is 2. The number of aliphatic imine (C=N–C) groups is 1. The lowest BCUT2D eigenvalue weighted by atomic mass is 9.71. The van der Waals surface area contributed by atoms with Gasteiger partial charge in [-0.3, -0.25) is 14.6 Å². The lowest BCUT2D eigenvalue weighted by Crippen LogP contribution is -2.55. The van der Waals surface area contributed by atoms with E-state index in [1.165, 1.54) is 77.6 Å². The number of dihydropyridines is 1. The van der Waals surface area contributed by atoms with Crippen molar-refractivity contribution in [2.45, 2.75) is 209 Å². The van der Waals surface area contributed by atoms with E-state index < -0.39 is 22.7 Å². The molecule has 5 saturated carbocycles. The van der Waals surface area contributed by atoms with Gasteiger partial charge in [-0.25, -0.2) is 0 Å². The molecule has 1 saturated heterocycles. The van der Waals surface area contributed by atoms with Crippen LogP contribution in [0, 0.1) is 28.1 Å². The minimum atomic E-state index is -0.800. The molecule has 8 unspecified atom stereocenters. The van der Waals surface area contributed by atoms with Crippen molar-refractivity contribution in [3.8, 4) is 11.5 Å². The average Bonchev–Trinajstić information content (AvgIpc) is 4.17. The first kappa shape index (κ1) is 49.7. The maximum atomic E-state index is 14.6. The van der Waals surface area contributed by atoms with Crippen LogP contribution in [0.25, 0.3) is 0 Å². The van der Waals surface area contributed by atoms with Crippen molar-refractivity contribution in [2.24, 2.45) is 44.5 Å². The summed E-state index contributed by atoms with van der Waals surface area (Å²) in [6.07, 6.45) is 33.9. The Bertz CT molecular complexity index is 2340. The Morgan fingerprint density at radius 1 is 0.958 bits per heavy atom. The van der Waals surface area contributed by atoms with Gasteiger partial charge >= 0.3 is 5.97 Å². The Balaban J connectivity index is 0.950. The number of phenols is 1. The number of hydrogen-bond donors (Lipinski definition) is 6. The number of amides is 1. The van der Waals surface area contributed by atoms with Crippen LogP contribution < -0.4 is 26.8 Å². The molecular formula is C57H82N6O6S2. The number of aromatic hydroxyl groups is 1. The quantitative estimate of drug-likeness (QED) is 0.0959. The maximum Gasteiger partial charge on any atom is 0.303 e. The predicted molar refractivity (Wildman–Crippen MR) is 283 cm³/mol. The van der Waals surface area contributed by atoms with E-state index in [9.17, 15) is 19.8 Å². The Morgan fingerprint density at radius 3 is 2.55 bits per heavy atom. The summed E-state index contributed by atoms with van der Waals surface area (Å²) in [5, 5.41) is 31.7. The molecule has 6 fully saturated rings. The Kier molecular flexibility index (Phi) is 13.8. The monoisotopic (exact) mass is 1010 g/mol. The lowest BCUT2D eigenvalue weighted by molar-refractivity contribution is -0.169. The Labute approximate surface area is 430 Å². The number of nitrogens with one attached hydrogen (secondary N) is 2. The number of carbonyl (C=O) groups is 2. The number of hydrogen-bond acceptors (Lipinski definition) is 13. The first-order valence-electron chi connectivity index (χ1n) is 27.9. The van der Waals surface area contributed by atoms with Crippen molar-refractivity contribution >= 4 is 39.4 Å². The number of allylic oxidation sites excluding steroid dienone is 3. The van der Waals surface area contributed by atoms with Gasteiger partial charge in [-0.15, -0.1) is 0 Å². The highest BCUT2D eigenvalue weighted by atomic mass is 33.1. The SMILES string of the molecule is CC(=O)OC12CCc3cc(c(O)c4c3C3C=CC5(CCCC5C3)O4)CN3CC(CC4=CCNC(N)=C4)(CCN=C(N)NC4(CCCC45CCCC5)SSCC4(CCCC4)CCCC(CC1)C(O)C2)CC3=O. The molecule has 6 aliphatic carbocycles. The van der Waals surface area contributed by atoms with Crippen LogP contribution in [0.15, 0.2) is 46.8 Å². The van der Waals surface area contributed by atoms with E-state index in [0.717, 1.165) is 73.8 Å². The fraction of sp³-hybridized carbons (Fsp3) is 0.737. The maximum absolute atomic E-state index is 14.6. The topological polar surface area (TPSA) is 185 Å². The number of ether oxygens (including phenoxy) is 2. The average molecular weight is 1010 g/mol. The zero-order valence-corrected chi connectivity index (χ0v) is 44.1. The number of benzene rings is 1. The van der Waals surface area contributed by atoms with Crippen molar-refractivity contribution in [2.75, 3.05) is 25.4 Å². The number of phenolic OH excluding ortho intramolecular Hbond substituents is 1. The summed E-state index contributed by atoms with van der Waals surface area (Å²) in [7, 11) is 4.14. The van der Waals surface area contributed by atoms with Gasteiger partial charge < -0.3 is 46.7 Å². The molecule has 8 bridgehead atoms. The highest BCUT2D eigenvalue weighted by Gasteiger charge is 2.57. The van der Waals surface area contributed by atoms with Crippen molar-refractivity contribution in [3.05, 3.63) is 58.5 Å². The summed E-state index contributed by atoms with van der Waals surface area (Å²) in [5.74, 6) is 3.32. The molecule has 6 heterocycles. The third-order valence-electron chi connectivity index (χ3n) is 20.1. The number of fused-ring (bicyclic) bond motifs is 10. The Morgan fingerprint density at radius 2 is 1.75 bits per heavy atom. The first-order chi connectivity index (χ1) is 34.2. The molecule has 6 aliphatic heterocycles. The van der Waals surface area contributed by atoms with Gasteiger partial charge in [0.05, 0.1) is 11.9 Å². The summed E-state index contributed by atoms with van der Waals surface area (Å²) in [4.78, 5) is 34.5. The van der Waals surface area contributed by atoms with Crippen LogP contribution in [0.3, 0.4) is 0 Å². The molecule has 388 valence electrons. The van der Waals surface area contributed by atoms with Crippen LogP contribution >= 0.6 is 21.6 Å². The van der Waals surface area contributed by atoms with Crippen molar-refractivity contribution in [1.29, 1.82) is 0 Å². The zero-order valence-electron chi connectivity index (χ0n) is 42.5. The van der Waals surface area contributed by atoms with Gasteiger partial charge in [0.2, 0.25) is 5.91 Å².